The van der Waals surface area contributed by atoms with Gasteiger partial charge in [0.15, 0.2) is 5.79 Å². The van der Waals surface area contributed by atoms with Gasteiger partial charge in [-0.1, -0.05) is 12.2 Å². The van der Waals surface area contributed by atoms with Crippen molar-refractivity contribution >= 4 is 0 Å². The van der Waals surface area contributed by atoms with Crippen molar-refractivity contribution in [3.63, 3.8) is 0 Å². The lowest BCUT2D eigenvalue weighted by atomic mass is 10.0. The zero-order valence-corrected chi connectivity index (χ0v) is 7.36. The predicted molar refractivity (Wildman–Crippen MR) is 43.5 cm³/mol. The number of rotatable bonds is 2. The summed E-state index contributed by atoms with van der Waals surface area (Å²) >= 11 is 0. The molecule has 2 rings (SSSR count). The smallest absolute Gasteiger partial charge is 0.182 e. The average Bonchev–Trinajstić information content (AvgIpc) is 2.56. The summed E-state index contributed by atoms with van der Waals surface area (Å²) in [6, 6.07) is 0. The molecule has 12 heavy (non-hydrogen) atoms. The van der Waals surface area contributed by atoms with Gasteiger partial charge in [-0.2, -0.15) is 0 Å². The van der Waals surface area contributed by atoms with Crippen LogP contribution in [0.3, 0.4) is 0 Å². The number of aliphatic hydroxyl groups excluding tert-OH is 1. The Morgan fingerprint density at radius 1 is 1.33 bits per heavy atom. The van der Waals surface area contributed by atoms with Crippen molar-refractivity contribution in [2.45, 2.75) is 18.3 Å². The van der Waals surface area contributed by atoms with Crippen LogP contribution in [0.5, 0.6) is 0 Å². The molecule has 2 aliphatic carbocycles. The molecule has 3 atom stereocenters. The Bertz CT molecular complexity index is 208. The van der Waals surface area contributed by atoms with Crippen LogP contribution in [0, 0.1) is 11.8 Å². The van der Waals surface area contributed by atoms with Crippen LogP contribution in [0.1, 0.15) is 6.42 Å². The normalized spacial score (nSPS) is 42.4. The van der Waals surface area contributed by atoms with Crippen molar-refractivity contribution in [1.82, 2.24) is 0 Å². The van der Waals surface area contributed by atoms with E-state index in [-0.39, 0.29) is 17.9 Å². The van der Waals surface area contributed by atoms with E-state index in [0.717, 1.165) is 6.42 Å². The van der Waals surface area contributed by atoms with Gasteiger partial charge in [0.2, 0.25) is 0 Å². The summed E-state index contributed by atoms with van der Waals surface area (Å²) in [5.74, 6) is -0.357. The van der Waals surface area contributed by atoms with E-state index in [1.54, 1.807) is 14.2 Å². The van der Waals surface area contributed by atoms with E-state index in [1.807, 2.05) is 6.08 Å². The molecule has 2 aliphatic rings. The molecule has 1 N–H and O–H groups in total. The SMILES string of the molecule is COC1(OC)[C@@H]2C=C[C@H]1C[C@@H]2O. The number of methoxy groups -OCH3 is 2. The number of aliphatic hydroxyl groups is 1. The van der Waals surface area contributed by atoms with E-state index < -0.39 is 5.79 Å². The van der Waals surface area contributed by atoms with Crippen LogP contribution >= 0.6 is 0 Å². The van der Waals surface area contributed by atoms with Crippen molar-refractivity contribution < 1.29 is 14.6 Å². The van der Waals surface area contributed by atoms with Crippen molar-refractivity contribution in [2.75, 3.05) is 14.2 Å². The molecule has 1 saturated carbocycles. The molecule has 0 radical (unpaired) electrons. The molecule has 2 bridgehead atoms. The third-order valence-electron chi connectivity index (χ3n) is 3.08. The third kappa shape index (κ3) is 0.762. The molecule has 0 aromatic rings. The van der Waals surface area contributed by atoms with Crippen LogP contribution in [-0.4, -0.2) is 31.2 Å². The fourth-order valence-corrected chi connectivity index (χ4v) is 2.47. The highest BCUT2D eigenvalue weighted by Crippen LogP contribution is 2.49. The topological polar surface area (TPSA) is 38.7 Å². The molecule has 0 aromatic heterocycles. The first-order valence-electron chi connectivity index (χ1n) is 4.21. The molecule has 1 fully saturated rings. The third-order valence-corrected chi connectivity index (χ3v) is 3.08. The molecule has 0 unspecified atom stereocenters. The van der Waals surface area contributed by atoms with Crippen LogP contribution in [0.15, 0.2) is 12.2 Å². The molecular formula is C9H14O3. The number of fused-ring (bicyclic) bond motifs is 2. The fraction of sp³-hybridized carbons (Fsp3) is 0.778. The number of ether oxygens (including phenoxy) is 2. The van der Waals surface area contributed by atoms with E-state index >= 15 is 0 Å². The van der Waals surface area contributed by atoms with Gasteiger partial charge < -0.3 is 14.6 Å². The lowest BCUT2D eigenvalue weighted by Crippen LogP contribution is -2.41. The van der Waals surface area contributed by atoms with Crippen LogP contribution in [-0.2, 0) is 9.47 Å². The van der Waals surface area contributed by atoms with E-state index in [4.69, 9.17) is 9.47 Å². The Morgan fingerprint density at radius 2 is 2.00 bits per heavy atom. The summed E-state index contributed by atoms with van der Waals surface area (Å²) in [6.07, 6.45) is 4.51. The average molecular weight is 170 g/mol. The molecule has 0 spiro atoms. The van der Waals surface area contributed by atoms with Crippen LogP contribution in [0.4, 0.5) is 0 Å². The molecule has 0 aliphatic heterocycles. The summed E-state index contributed by atoms with van der Waals surface area (Å²) < 4.78 is 10.7. The summed E-state index contributed by atoms with van der Waals surface area (Å²) in [5, 5.41) is 9.61. The first-order chi connectivity index (χ1) is 5.74. The van der Waals surface area contributed by atoms with E-state index in [9.17, 15) is 5.11 Å². The second-order valence-corrected chi connectivity index (χ2v) is 3.45. The van der Waals surface area contributed by atoms with Gasteiger partial charge in [-0.25, -0.2) is 0 Å². The summed E-state index contributed by atoms with van der Waals surface area (Å²) in [6.45, 7) is 0. The minimum absolute atomic E-state index is 0.0116. The fourth-order valence-electron chi connectivity index (χ4n) is 2.47. The summed E-state index contributed by atoms with van der Waals surface area (Å²) in [4.78, 5) is 0. The zero-order chi connectivity index (χ0) is 8.77. The van der Waals surface area contributed by atoms with Gasteiger partial charge in [0.25, 0.3) is 0 Å². The maximum absolute atomic E-state index is 9.61. The maximum Gasteiger partial charge on any atom is 0.182 e. The van der Waals surface area contributed by atoms with Crippen LogP contribution in [0.25, 0.3) is 0 Å². The van der Waals surface area contributed by atoms with Crippen molar-refractivity contribution in [3.8, 4) is 0 Å². The zero-order valence-electron chi connectivity index (χ0n) is 7.36. The Labute approximate surface area is 72.0 Å². The van der Waals surface area contributed by atoms with E-state index in [1.165, 1.54) is 0 Å². The lowest BCUT2D eigenvalue weighted by Gasteiger charge is -2.31. The summed E-state index contributed by atoms with van der Waals surface area (Å²) in [5.41, 5.74) is 0. The predicted octanol–water partition coefficient (Wildman–Crippen LogP) is 0.542. The number of hydrogen-bond acceptors (Lipinski definition) is 3. The summed E-state index contributed by atoms with van der Waals surface area (Å²) in [7, 11) is 3.27. The first kappa shape index (κ1) is 8.23. The Kier molecular flexibility index (Phi) is 1.75. The van der Waals surface area contributed by atoms with E-state index in [2.05, 4.69) is 6.08 Å². The van der Waals surface area contributed by atoms with Crippen molar-refractivity contribution in [3.05, 3.63) is 12.2 Å². The Morgan fingerprint density at radius 3 is 2.25 bits per heavy atom. The lowest BCUT2D eigenvalue weighted by molar-refractivity contribution is -0.234. The molecule has 68 valence electrons. The molecule has 0 heterocycles. The maximum atomic E-state index is 9.61. The Balaban J connectivity index is 2.30. The molecule has 0 aromatic carbocycles. The second-order valence-electron chi connectivity index (χ2n) is 3.45. The van der Waals surface area contributed by atoms with Gasteiger partial charge in [-0.05, 0) is 6.42 Å². The first-order valence-corrected chi connectivity index (χ1v) is 4.21. The largest absolute Gasteiger partial charge is 0.392 e. The highest BCUT2D eigenvalue weighted by atomic mass is 16.7. The molecular weight excluding hydrogens is 156 g/mol. The molecule has 0 saturated heterocycles. The van der Waals surface area contributed by atoms with Gasteiger partial charge in [-0.3, -0.25) is 0 Å². The van der Waals surface area contributed by atoms with Gasteiger partial charge in [0.05, 0.1) is 12.0 Å². The molecule has 0 amide bonds. The molecule has 3 nitrogen and oxygen atoms in total. The quantitative estimate of drug-likeness (QED) is 0.485. The second kappa shape index (κ2) is 2.55. The van der Waals surface area contributed by atoms with Gasteiger partial charge >= 0.3 is 0 Å². The minimum Gasteiger partial charge on any atom is -0.392 e. The van der Waals surface area contributed by atoms with Crippen molar-refractivity contribution in [2.24, 2.45) is 11.8 Å². The van der Waals surface area contributed by atoms with E-state index in [0.29, 0.717) is 0 Å². The molecule has 3 heteroatoms. The Hall–Kier alpha value is -0.380. The number of hydrogen-bond donors (Lipinski definition) is 1. The minimum atomic E-state index is -0.584. The van der Waals surface area contributed by atoms with Crippen LogP contribution < -0.4 is 0 Å². The van der Waals surface area contributed by atoms with Gasteiger partial charge in [0.1, 0.15) is 0 Å². The standard InChI is InChI=1S/C9H14O3/c1-11-9(12-2)6-3-4-7(9)8(10)5-6/h3-4,6-8,10H,5H2,1-2H3/t6-,7+,8-/m0/s1. The van der Waals surface area contributed by atoms with Crippen LogP contribution in [0.2, 0.25) is 0 Å². The monoisotopic (exact) mass is 170 g/mol. The highest BCUT2D eigenvalue weighted by molar-refractivity contribution is 5.20. The van der Waals surface area contributed by atoms with Gasteiger partial charge in [0, 0.05) is 20.1 Å². The highest BCUT2D eigenvalue weighted by Gasteiger charge is 2.57. The van der Waals surface area contributed by atoms with Crippen molar-refractivity contribution in [1.29, 1.82) is 0 Å². The van der Waals surface area contributed by atoms with Gasteiger partial charge in [-0.15, -0.1) is 0 Å².